The van der Waals surface area contributed by atoms with Crippen LogP contribution in [0.1, 0.15) is 28.7 Å². The zero-order valence-corrected chi connectivity index (χ0v) is 12.1. The third-order valence-electron chi connectivity index (χ3n) is 2.52. The summed E-state index contributed by atoms with van der Waals surface area (Å²) in [5.74, 6) is 0.140. The second kappa shape index (κ2) is 5.14. The third-order valence-corrected chi connectivity index (χ3v) is 4.02. The molecule has 0 atom stereocenters. The standard InChI is InChI=1S/C12H13BrN2OS/c1-3-15-10(4-8(2)14-15)6-11(16)9-5-12(13)17-7-9/h4-5,7H,3,6H2,1-2H3. The van der Waals surface area contributed by atoms with Gasteiger partial charge in [-0.2, -0.15) is 5.10 Å². The average Bonchev–Trinajstić information content (AvgIpc) is 2.85. The molecule has 0 aliphatic heterocycles. The zero-order valence-electron chi connectivity index (χ0n) is 9.74. The van der Waals surface area contributed by atoms with Gasteiger partial charge in [0.2, 0.25) is 0 Å². The number of thiophene rings is 1. The number of hydrogen-bond donors (Lipinski definition) is 0. The normalized spacial score (nSPS) is 10.8. The molecule has 0 radical (unpaired) electrons. The lowest BCUT2D eigenvalue weighted by Gasteiger charge is -2.02. The number of carbonyl (C=O) groups excluding carboxylic acids is 1. The van der Waals surface area contributed by atoms with E-state index in [2.05, 4.69) is 21.0 Å². The molecule has 0 saturated carbocycles. The second-order valence-electron chi connectivity index (χ2n) is 3.83. The van der Waals surface area contributed by atoms with E-state index in [4.69, 9.17) is 0 Å². The van der Waals surface area contributed by atoms with Crippen LogP contribution in [0, 0.1) is 6.92 Å². The molecule has 2 heterocycles. The predicted octanol–water partition coefficient (Wildman–Crippen LogP) is 3.46. The predicted molar refractivity (Wildman–Crippen MR) is 72.7 cm³/mol. The fraction of sp³-hybridized carbons (Fsp3) is 0.333. The number of halogens is 1. The number of hydrogen-bond acceptors (Lipinski definition) is 3. The van der Waals surface area contributed by atoms with E-state index >= 15 is 0 Å². The first-order valence-electron chi connectivity index (χ1n) is 5.40. The number of ketones is 1. The molecule has 0 aromatic carbocycles. The van der Waals surface area contributed by atoms with Crippen LogP contribution in [0.3, 0.4) is 0 Å². The molecular formula is C12H13BrN2OS. The SMILES string of the molecule is CCn1nc(C)cc1CC(=O)c1csc(Br)c1. The van der Waals surface area contributed by atoms with Crippen LogP contribution in [0.4, 0.5) is 0 Å². The first-order chi connectivity index (χ1) is 8.10. The molecule has 0 fully saturated rings. The van der Waals surface area contributed by atoms with Gasteiger partial charge in [0.05, 0.1) is 15.9 Å². The monoisotopic (exact) mass is 312 g/mol. The largest absolute Gasteiger partial charge is 0.294 e. The van der Waals surface area contributed by atoms with Crippen LogP contribution in [0.2, 0.25) is 0 Å². The van der Waals surface area contributed by atoms with Crippen molar-refractivity contribution < 1.29 is 4.79 Å². The van der Waals surface area contributed by atoms with E-state index in [1.165, 1.54) is 11.3 Å². The number of rotatable bonds is 4. The number of nitrogens with zero attached hydrogens (tertiary/aromatic N) is 2. The Hall–Kier alpha value is -0.940. The molecule has 0 saturated heterocycles. The van der Waals surface area contributed by atoms with Crippen molar-refractivity contribution in [2.45, 2.75) is 26.8 Å². The van der Waals surface area contributed by atoms with Crippen molar-refractivity contribution in [3.8, 4) is 0 Å². The lowest BCUT2D eigenvalue weighted by molar-refractivity contribution is 0.0991. The average molecular weight is 313 g/mol. The fourth-order valence-electron chi connectivity index (χ4n) is 1.74. The van der Waals surface area contributed by atoms with Crippen LogP contribution >= 0.6 is 27.3 Å². The Kier molecular flexibility index (Phi) is 3.79. The number of Topliss-reactive ketones (excluding diaryl/α,β-unsaturated/α-hetero) is 1. The van der Waals surface area contributed by atoms with Gasteiger partial charge in [-0.3, -0.25) is 9.48 Å². The Labute approximate surface area is 113 Å². The van der Waals surface area contributed by atoms with Crippen LogP contribution in [-0.2, 0) is 13.0 Å². The Balaban J connectivity index is 2.18. The first kappa shape index (κ1) is 12.5. The molecule has 5 heteroatoms. The molecule has 2 aromatic heterocycles. The van der Waals surface area contributed by atoms with Crippen molar-refractivity contribution in [1.29, 1.82) is 0 Å². The summed E-state index contributed by atoms with van der Waals surface area (Å²) in [6.07, 6.45) is 0.415. The molecule has 0 N–H and O–H groups in total. The van der Waals surface area contributed by atoms with E-state index < -0.39 is 0 Å². The maximum absolute atomic E-state index is 12.0. The van der Waals surface area contributed by atoms with Crippen LogP contribution in [0.5, 0.6) is 0 Å². The van der Waals surface area contributed by atoms with E-state index in [1.807, 2.05) is 36.0 Å². The Bertz CT molecular complexity index is 544. The highest BCUT2D eigenvalue weighted by Gasteiger charge is 2.12. The van der Waals surface area contributed by atoms with Crippen LogP contribution in [0.15, 0.2) is 21.3 Å². The highest BCUT2D eigenvalue weighted by atomic mass is 79.9. The lowest BCUT2D eigenvalue weighted by Crippen LogP contribution is -2.09. The molecule has 0 unspecified atom stereocenters. The van der Waals surface area contributed by atoms with Gasteiger partial charge in [-0.25, -0.2) is 0 Å². The van der Waals surface area contributed by atoms with Crippen LogP contribution in [-0.4, -0.2) is 15.6 Å². The van der Waals surface area contributed by atoms with Gasteiger partial charge in [-0.1, -0.05) is 0 Å². The molecule has 2 rings (SSSR count). The smallest absolute Gasteiger partial charge is 0.169 e. The van der Waals surface area contributed by atoms with E-state index in [1.54, 1.807) is 0 Å². The number of carbonyl (C=O) groups is 1. The van der Waals surface area contributed by atoms with Gasteiger partial charge in [0.1, 0.15) is 0 Å². The number of aryl methyl sites for hydroxylation is 2. The van der Waals surface area contributed by atoms with Crippen LogP contribution < -0.4 is 0 Å². The first-order valence-corrected chi connectivity index (χ1v) is 7.08. The maximum atomic E-state index is 12.0. The summed E-state index contributed by atoms with van der Waals surface area (Å²) < 4.78 is 2.87. The van der Waals surface area contributed by atoms with Crippen LogP contribution in [0.25, 0.3) is 0 Å². The van der Waals surface area contributed by atoms with Crippen molar-refractivity contribution >= 4 is 33.0 Å². The highest BCUT2D eigenvalue weighted by molar-refractivity contribution is 9.11. The summed E-state index contributed by atoms with van der Waals surface area (Å²) in [4.78, 5) is 12.0. The molecule has 0 aliphatic carbocycles. The quantitative estimate of drug-likeness (QED) is 0.810. The minimum atomic E-state index is 0.140. The summed E-state index contributed by atoms with van der Waals surface area (Å²) in [5, 5.41) is 6.22. The molecule has 0 spiro atoms. The molecule has 0 aliphatic rings. The third kappa shape index (κ3) is 2.84. The summed E-state index contributed by atoms with van der Waals surface area (Å²) in [7, 11) is 0. The van der Waals surface area contributed by atoms with Crippen molar-refractivity contribution in [2.24, 2.45) is 0 Å². The Morgan fingerprint density at radius 2 is 2.29 bits per heavy atom. The molecule has 90 valence electrons. The zero-order chi connectivity index (χ0) is 12.4. The van der Waals surface area contributed by atoms with E-state index in [0.717, 1.165) is 27.3 Å². The van der Waals surface area contributed by atoms with Gasteiger partial charge in [-0.15, -0.1) is 11.3 Å². The van der Waals surface area contributed by atoms with Gasteiger partial charge in [0.25, 0.3) is 0 Å². The van der Waals surface area contributed by atoms with E-state index in [9.17, 15) is 4.79 Å². The molecular weight excluding hydrogens is 300 g/mol. The molecule has 3 nitrogen and oxygen atoms in total. The summed E-state index contributed by atoms with van der Waals surface area (Å²) in [6, 6.07) is 3.84. The summed E-state index contributed by atoms with van der Waals surface area (Å²) in [6.45, 7) is 4.77. The molecule has 0 amide bonds. The van der Waals surface area contributed by atoms with Gasteiger partial charge in [0.15, 0.2) is 5.78 Å². The maximum Gasteiger partial charge on any atom is 0.169 e. The molecule has 17 heavy (non-hydrogen) atoms. The summed E-state index contributed by atoms with van der Waals surface area (Å²) in [5.41, 5.74) is 2.71. The van der Waals surface area contributed by atoms with Gasteiger partial charge in [-0.05, 0) is 41.9 Å². The molecule has 2 aromatic rings. The van der Waals surface area contributed by atoms with Crippen molar-refractivity contribution in [3.63, 3.8) is 0 Å². The van der Waals surface area contributed by atoms with Gasteiger partial charge < -0.3 is 0 Å². The van der Waals surface area contributed by atoms with Crippen molar-refractivity contribution in [3.05, 3.63) is 38.3 Å². The van der Waals surface area contributed by atoms with Gasteiger partial charge >= 0.3 is 0 Å². The Morgan fingerprint density at radius 1 is 1.53 bits per heavy atom. The van der Waals surface area contributed by atoms with Gasteiger partial charge in [0, 0.05) is 23.2 Å². The van der Waals surface area contributed by atoms with E-state index in [0.29, 0.717) is 6.42 Å². The number of aromatic nitrogens is 2. The topological polar surface area (TPSA) is 34.9 Å². The fourth-order valence-corrected chi connectivity index (χ4v) is 2.90. The van der Waals surface area contributed by atoms with Crippen molar-refractivity contribution in [1.82, 2.24) is 9.78 Å². The van der Waals surface area contributed by atoms with Crippen molar-refractivity contribution in [2.75, 3.05) is 0 Å². The minimum absolute atomic E-state index is 0.140. The second-order valence-corrected chi connectivity index (χ2v) is 6.12. The van der Waals surface area contributed by atoms with E-state index in [-0.39, 0.29) is 5.78 Å². The molecule has 0 bridgehead atoms. The summed E-state index contributed by atoms with van der Waals surface area (Å²) >= 11 is 4.90. The lowest BCUT2D eigenvalue weighted by atomic mass is 10.1. The highest BCUT2D eigenvalue weighted by Crippen LogP contribution is 2.22. The Morgan fingerprint density at radius 3 is 2.88 bits per heavy atom. The minimum Gasteiger partial charge on any atom is -0.294 e.